The van der Waals surface area contributed by atoms with Crippen LogP contribution in [-0.2, 0) is 6.42 Å². The Balaban J connectivity index is 1.88. The minimum Gasteiger partial charge on any atom is -0.313 e. The van der Waals surface area contributed by atoms with Crippen molar-refractivity contribution in [3.8, 4) is 0 Å². The van der Waals surface area contributed by atoms with Crippen molar-refractivity contribution < 1.29 is 9.18 Å². The van der Waals surface area contributed by atoms with E-state index in [0.29, 0.717) is 17.5 Å². The van der Waals surface area contributed by atoms with Crippen molar-refractivity contribution >= 4 is 5.78 Å². The molecule has 1 aromatic carbocycles. The number of hydrogen-bond acceptors (Lipinski definition) is 2. The second-order valence-corrected chi connectivity index (χ2v) is 5.00. The quantitative estimate of drug-likeness (QED) is 0.806. The molecule has 1 N–H and O–H groups in total. The number of Topliss-reactive ketones (excluding diaryl/α,β-unsaturated/α-hetero) is 1. The van der Waals surface area contributed by atoms with Crippen LogP contribution in [0.4, 0.5) is 4.39 Å². The van der Waals surface area contributed by atoms with Gasteiger partial charge in [-0.05, 0) is 37.4 Å². The van der Waals surface area contributed by atoms with Crippen LogP contribution in [0.15, 0.2) is 18.2 Å². The molecule has 1 saturated heterocycles. The van der Waals surface area contributed by atoms with Gasteiger partial charge < -0.3 is 5.32 Å². The van der Waals surface area contributed by atoms with Crippen molar-refractivity contribution in [3.63, 3.8) is 0 Å². The summed E-state index contributed by atoms with van der Waals surface area (Å²) < 4.78 is 13.6. The fourth-order valence-electron chi connectivity index (χ4n) is 3.06. The molecule has 2 atom stereocenters. The number of carbonyl (C=O) groups is 1. The van der Waals surface area contributed by atoms with Gasteiger partial charge in [-0.15, -0.1) is 0 Å². The number of carbonyl (C=O) groups excluding carboxylic acids is 1. The summed E-state index contributed by atoms with van der Waals surface area (Å²) in [6.07, 6.45) is 3.95. The molecule has 90 valence electrons. The van der Waals surface area contributed by atoms with Gasteiger partial charge in [0.05, 0.1) is 0 Å². The lowest BCUT2D eigenvalue weighted by atomic mass is 9.89. The third-order valence-electron chi connectivity index (χ3n) is 3.98. The molecule has 1 aliphatic carbocycles. The van der Waals surface area contributed by atoms with Gasteiger partial charge in [0.25, 0.3) is 0 Å². The van der Waals surface area contributed by atoms with Crippen molar-refractivity contribution in [2.45, 2.75) is 31.7 Å². The molecule has 0 saturated carbocycles. The number of nitrogens with one attached hydrogen (secondary N) is 1. The van der Waals surface area contributed by atoms with Gasteiger partial charge in [-0.2, -0.15) is 0 Å². The first-order valence-corrected chi connectivity index (χ1v) is 6.32. The average Bonchev–Trinajstić information content (AvgIpc) is 2.70. The van der Waals surface area contributed by atoms with E-state index in [9.17, 15) is 9.18 Å². The summed E-state index contributed by atoms with van der Waals surface area (Å²) in [7, 11) is 0. The molecule has 1 heterocycles. The van der Waals surface area contributed by atoms with Crippen LogP contribution in [0.5, 0.6) is 0 Å². The maximum Gasteiger partial charge on any atom is 0.168 e. The van der Waals surface area contributed by atoms with Gasteiger partial charge in [-0.25, -0.2) is 4.39 Å². The molecule has 0 spiro atoms. The van der Waals surface area contributed by atoms with Crippen LogP contribution in [-0.4, -0.2) is 18.4 Å². The zero-order valence-electron chi connectivity index (χ0n) is 9.71. The van der Waals surface area contributed by atoms with E-state index in [1.165, 1.54) is 18.9 Å². The Labute approximate surface area is 100 Å². The maximum absolute atomic E-state index is 13.6. The number of benzene rings is 1. The third-order valence-corrected chi connectivity index (χ3v) is 3.98. The highest BCUT2D eigenvalue weighted by molar-refractivity contribution is 6.02. The van der Waals surface area contributed by atoms with Gasteiger partial charge in [0.1, 0.15) is 5.82 Å². The van der Waals surface area contributed by atoms with Crippen LogP contribution < -0.4 is 5.32 Å². The lowest BCUT2D eigenvalue weighted by Gasteiger charge is -2.27. The smallest absolute Gasteiger partial charge is 0.168 e. The first-order chi connectivity index (χ1) is 8.27. The Morgan fingerprint density at radius 1 is 1.29 bits per heavy atom. The molecule has 1 aromatic rings. The van der Waals surface area contributed by atoms with Crippen LogP contribution in [0.3, 0.4) is 0 Å². The Bertz CT molecular complexity index is 452. The minimum atomic E-state index is -0.228. The molecule has 0 aromatic heterocycles. The van der Waals surface area contributed by atoms with Crippen LogP contribution in [0.2, 0.25) is 0 Å². The van der Waals surface area contributed by atoms with Crippen molar-refractivity contribution in [1.29, 1.82) is 0 Å². The van der Waals surface area contributed by atoms with E-state index in [-0.39, 0.29) is 23.6 Å². The molecule has 2 aliphatic rings. The first-order valence-electron chi connectivity index (χ1n) is 6.32. The van der Waals surface area contributed by atoms with Gasteiger partial charge in [0.15, 0.2) is 5.78 Å². The van der Waals surface area contributed by atoms with E-state index < -0.39 is 0 Å². The van der Waals surface area contributed by atoms with Gasteiger partial charge in [-0.1, -0.05) is 18.6 Å². The van der Waals surface area contributed by atoms with E-state index in [1.54, 1.807) is 12.1 Å². The highest BCUT2D eigenvalue weighted by Gasteiger charge is 2.37. The standard InChI is InChI=1S/C14H16FNO/c15-12-5-3-4-9-10(12)8-11(14(9)17)13-6-1-2-7-16-13/h3-5,11,13,16H,1-2,6-8H2. The number of hydrogen-bond donors (Lipinski definition) is 1. The summed E-state index contributed by atoms with van der Waals surface area (Å²) in [5, 5.41) is 3.40. The molecule has 2 unspecified atom stereocenters. The summed E-state index contributed by atoms with van der Waals surface area (Å²) in [6, 6.07) is 5.07. The zero-order valence-corrected chi connectivity index (χ0v) is 9.71. The predicted octanol–water partition coefficient (Wildman–Crippen LogP) is 2.32. The Morgan fingerprint density at radius 3 is 2.88 bits per heavy atom. The molecule has 2 nitrogen and oxygen atoms in total. The molecule has 3 heteroatoms. The largest absolute Gasteiger partial charge is 0.313 e. The van der Waals surface area contributed by atoms with Crippen LogP contribution >= 0.6 is 0 Å². The van der Waals surface area contributed by atoms with Gasteiger partial charge in [-0.3, -0.25) is 4.79 Å². The van der Waals surface area contributed by atoms with Crippen molar-refractivity contribution in [2.75, 3.05) is 6.54 Å². The summed E-state index contributed by atoms with van der Waals surface area (Å²) in [5.74, 6) is -0.157. The minimum absolute atomic E-state index is 0.0535. The fraction of sp³-hybridized carbons (Fsp3) is 0.500. The SMILES string of the molecule is O=C1c2cccc(F)c2CC1C1CCCCN1. The highest BCUT2D eigenvalue weighted by atomic mass is 19.1. The predicted molar refractivity (Wildman–Crippen MR) is 63.6 cm³/mol. The van der Waals surface area contributed by atoms with Gasteiger partial charge >= 0.3 is 0 Å². The summed E-state index contributed by atoms with van der Waals surface area (Å²) in [6.45, 7) is 0.979. The molecular formula is C14H16FNO. The summed E-state index contributed by atoms with van der Waals surface area (Å²) >= 11 is 0. The number of piperidine rings is 1. The normalized spacial score (nSPS) is 28.2. The fourth-order valence-corrected chi connectivity index (χ4v) is 3.06. The second-order valence-electron chi connectivity index (χ2n) is 5.00. The highest BCUT2D eigenvalue weighted by Crippen LogP contribution is 2.32. The Morgan fingerprint density at radius 2 is 2.18 bits per heavy atom. The monoisotopic (exact) mass is 233 g/mol. The van der Waals surface area contributed by atoms with E-state index in [1.807, 2.05) is 0 Å². The third kappa shape index (κ3) is 1.78. The second kappa shape index (κ2) is 4.22. The molecule has 0 radical (unpaired) electrons. The number of fused-ring (bicyclic) bond motifs is 1. The zero-order chi connectivity index (χ0) is 11.8. The maximum atomic E-state index is 13.6. The van der Waals surface area contributed by atoms with Gasteiger partial charge in [0.2, 0.25) is 0 Å². The topological polar surface area (TPSA) is 29.1 Å². The van der Waals surface area contributed by atoms with E-state index in [2.05, 4.69) is 5.32 Å². The van der Waals surface area contributed by atoms with Crippen molar-refractivity contribution in [2.24, 2.45) is 5.92 Å². The van der Waals surface area contributed by atoms with Crippen LogP contribution in [0.25, 0.3) is 0 Å². The van der Waals surface area contributed by atoms with Crippen LogP contribution in [0, 0.1) is 11.7 Å². The summed E-state index contributed by atoms with van der Waals surface area (Å²) in [4.78, 5) is 12.2. The number of rotatable bonds is 1. The molecule has 17 heavy (non-hydrogen) atoms. The first kappa shape index (κ1) is 10.9. The molecule has 1 fully saturated rings. The molecule has 1 aliphatic heterocycles. The van der Waals surface area contributed by atoms with Crippen molar-refractivity contribution in [1.82, 2.24) is 5.32 Å². The average molecular weight is 233 g/mol. The molecular weight excluding hydrogens is 217 g/mol. The number of ketones is 1. The Hall–Kier alpha value is -1.22. The van der Waals surface area contributed by atoms with Crippen molar-refractivity contribution in [3.05, 3.63) is 35.1 Å². The van der Waals surface area contributed by atoms with E-state index in [4.69, 9.17) is 0 Å². The number of halogens is 1. The molecule has 3 rings (SSSR count). The Kier molecular flexibility index (Phi) is 2.71. The van der Waals surface area contributed by atoms with Gasteiger partial charge in [0, 0.05) is 17.5 Å². The molecule has 0 bridgehead atoms. The van der Waals surface area contributed by atoms with E-state index >= 15 is 0 Å². The lowest BCUT2D eigenvalue weighted by molar-refractivity contribution is 0.0898. The lowest BCUT2D eigenvalue weighted by Crippen LogP contribution is -2.42. The van der Waals surface area contributed by atoms with E-state index in [0.717, 1.165) is 13.0 Å². The summed E-state index contributed by atoms with van der Waals surface area (Å²) in [5.41, 5.74) is 1.22. The van der Waals surface area contributed by atoms with Crippen LogP contribution in [0.1, 0.15) is 35.2 Å². The molecule has 0 amide bonds.